The van der Waals surface area contributed by atoms with Crippen molar-refractivity contribution in [2.24, 2.45) is 5.92 Å². The summed E-state index contributed by atoms with van der Waals surface area (Å²) in [7, 11) is 0. The lowest BCUT2D eigenvalue weighted by Gasteiger charge is -2.41. The fraction of sp³-hybridized carbons (Fsp3) is 0.941. The zero-order valence-corrected chi connectivity index (χ0v) is 14.2. The smallest absolute Gasteiger partial charge is 0.410 e. The number of carbonyl (C=O) groups excluding carboxylic acids is 1. The lowest BCUT2D eigenvalue weighted by atomic mass is 9.76. The molecule has 2 N–H and O–H groups in total. The first-order chi connectivity index (χ1) is 10.2. The second-order valence-electron chi connectivity index (χ2n) is 8.03. The molecule has 0 bridgehead atoms. The highest BCUT2D eigenvalue weighted by Crippen LogP contribution is 2.36. The van der Waals surface area contributed by atoms with E-state index in [0.717, 1.165) is 25.7 Å². The van der Waals surface area contributed by atoms with Gasteiger partial charge >= 0.3 is 6.09 Å². The average Bonchev–Trinajstić information content (AvgIpc) is 2.40. The molecule has 0 aromatic rings. The van der Waals surface area contributed by atoms with Gasteiger partial charge in [-0.2, -0.15) is 0 Å². The highest BCUT2D eigenvalue weighted by molar-refractivity contribution is 5.68. The Labute approximate surface area is 133 Å². The van der Waals surface area contributed by atoms with Crippen molar-refractivity contribution >= 4 is 6.09 Å². The fourth-order valence-electron chi connectivity index (χ4n) is 3.61. The number of likely N-dealkylation sites (tertiary alicyclic amines) is 1. The van der Waals surface area contributed by atoms with E-state index in [1.807, 2.05) is 20.8 Å². The van der Waals surface area contributed by atoms with Crippen LogP contribution in [0.4, 0.5) is 4.79 Å². The number of amides is 1. The minimum absolute atomic E-state index is 0.0654. The molecule has 128 valence electrons. The number of hydrogen-bond donors (Lipinski definition) is 2. The zero-order valence-electron chi connectivity index (χ0n) is 14.2. The first-order valence-electron chi connectivity index (χ1n) is 8.57. The first kappa shape index (κ1) is 17.5. The number of aliphatic hydroxyl groups is 2. The summed E-state index contributed by atoms with van der Waals surface area (Å²) in [5.74, 6) is -0.0654. The van der Waals surface area contributed by atoms with Crippen LogP contribution < -0.4 is 0 Å². The molecule has 1 saturated heterocycles. The van der Waals surface area contributed by atoms with E-state index in [2.05, 4.69) is 0 Å². The standard InChI is InChI=1S/C17H31NO4/c1-16(2,3)22-15(20)18-10-7-14(19)13(12-18)11-17(21)8-5-4-6-9-17/h13-14,19,21H,4-12H2,1-3H3. The number of carbonyl (C=O) groups is 1. The summed E-state index contributed by atoms with van der Waals surface area (Å²) in [6.45, 7) is 6.55. The molecule has 1 aliphatic carbocycles. The molecule has 0 aromatic carbocycles. The van der Waals surface area contributed by atoms with Gasteiger partial charge in [-0.3, -0.25) is 0 Å². The molecule has 0 aromatic heterocycles. The molecule has 2 atom stereocenters. The Bertz CT molecular complexity index is 385. The van der Waals surface area contributed by atoms with Crippen LogP contribution in [0, 0.1) is 5.92 Å². The second-order valence-corrected chi connectivity index (χ2v) is 8.03. The van der Waals surface area contributed by atoms with E-state index in [4.69, 9.17) is 4.74 Å². The van der Waals surface area contributed by atoms with Gasteiger partial charge in [-0.05, 0) is 46.5 Å². The fourth-order valence-corrected chi connectivity index (χ4v) is 3.61. The highest BCUT2D eigenvalue weighted by atomic mass is 16.6. The number of nitrogens with zero attached hydrogens (tertiary/aromatic N) is 1. The van der Waals surface area contributed by atoms with Crippen LogP contribution in [0.15, 0.2) is 0 Å². The quantitative estimate of drug-likeness (QED) is 0.822. The SMILES string of the molecule is CC(C)(C)OC(=O)N1CCC(O)C(CC2(O)CCCCC2)C1. The molecule has 1 amide bonds. The maximum Gasteiger partial charge on any atom is 0.410 e. The van der Waals surface area contributed by atoms with E-state index in [0.29, 0.717) is 25.9 Å². The summed E-state index contributed by atoms with van der Waals surface area (Å²) in [6, 6.07) is 0. The van der Waals surface area contributed by atoms with Crippen LogP contribution in [-0.4, -0.2) is 51.6 Å². The van der Waals surface area contributed by atoms with Crippen molar-refractivity contribution in [3.8, 4) is 0 Å². The largest absolute Gasteiger partial charge is 0.444 e. The van der Waals surface area contributed by atoms with Crippen LogP contribution in [-0.2, 0) is 4.74 Å². The third-order valence-corrected chi connectivity index (χ3v) is 4.77. The minimum Gasteiger partial charge on any atom is -0.444 e. The van der Waals surface area contributed by atoms with Gasteiger partial charge in [0.2, 0.25) is 0 Å². The summed E-state index contributed by atoms with van der Waals surface area (Å²) in [6.07, 6.45) is 5.27. The van der Waals surface area contributed by atoms with E-state index in [1.54, 1.807) is 4.90 Å². The molecule has 1 heterocycles. The van der Waals surface area contributed by atoms with Crippen molar-refractivity contribution in [1.29, 1.82) is 0 Å². The molecular weight excluding hydrogens is 282 g/mol. The van der Waals surface area contributed by atoms with Crippen LogP contribution in [0.25, 0.3) is 0 Å². The lowest BCUT2D eigenvalue weighted by molar-refractivity contribution is -0.0612. The van der Waals surface area contributed by atoms with Crippen LogP contribution >= 0.6 is 0 Å². The molecule has 5 nitrogen and oxygen atoms in total. The van der Waals surface area contributed by atoms with Crippen molar-refractivity contribution in [2.45, 2.75) is 83.0 Å². The van der Waals surface area contributed by atoms with Gasteiger partial charge < -0.3 is 19.8 Å². The van der Waals surface area contributed by atoms with Crippen LogP contribution in [0.5, 0.6) is 0 Å². The molecule has 2 unspecified atom stereocenters. The van der Waals surface area contributed by atoms with Crippen molar-refractivity contribution in [3.63, 3.8) is 0 Å². The third kappa shape index (κ3) is 4.85. The number of hydrogen-bond acceptors (Lipinski definition) is 4. The normalized spacial score (nSPS) is 29.2. The number of aliphatic hydroxyl groups excluding tert-OH is 1. The van der Waals surface area contributed by atoms with E-state index in [1.165, 1.54) is 6.42 Å². The molecular formula is C17H31NO4. The van der Waals surface area contributed by atoms with Crippen molar-refractivity contribution in [1.82, 2.24) is 4.90 Å². The van der Waals surface area contributed by atoms with Gasteiger partial charge in [0.25, 0.3) is 0 Å². The zero-order chi connectivity index (χ0) is 16.4. The van der Waals surface area contributed by atoms with E-state index >= 15 is 0 Å². The van der Waals surface area contributed by atoms with Gasteiger partial charge in [0.05, 0.1) is 11.7 Å². The molecule has 5 heteroatoms. The highest BCUT2D eigenvalue weighted by Gasteiger charge is 2.38. The molecule has 1 saturated carbocycles. The molecule has 2 aliphatic rings. The predicted octanol–water partition coefficient (Wildman–Crippen LogP) is 2.69. The van der Waals surface area contributed by atoms with Crippen molar-refractivity contribution in [2.75, 3.05) is 13.1 Å². The molecule has 0 spiro atoms. The topological polar surface area (TPSA) is 70.0 Å². The summed E-state index contributed by atoms with van der Waals surface area (Å²) in [5, 5.41) is 21.0. The summed E-state index contributed by atoms with van der Waals surface area (Å²) < 4.78 is 5.42. The average molecular weight is 313 g/mol. The number of piperidine rings is 1. The Morgan fingerprint density at radius 1 is 1.27 bits per heavy atom. The van der Waals surface area contributed by atoms with Gasteiger partial charge in [-0.25, -0.2) is 4.79 Å². The Morgan fingerprint density at radius 3 is 2.50 bits per heavy atom. The first-order valence-corrected chi connectivity index (χ1v) is 8.57. The van der Waals surface area contributed by atoms with E-state index < -0.39 is 17.3 Å². The van der Waals surface area contributed by atoms with Crippen LogP contribution in [0.3, 0.4) is 0 Å². The lowest BCUT2D eigenvalue weighted by Crippen LogP contribution is -2.50. The van der Waals surface area contributed by atoms with E-state index in [9.17, 15) is 15.0 Å². The molecule has 2 fully saturated rings. The summed E-state index contributed by atoms with van der Waals surface area (Å²) >= 11 is 0. The molecule has 1 aliphatic heterocycles. The summed E-state index contributed by atoms with van der Waals surface area (Å²) in [5.41, 5.74) is -1.18. The maximum absolute atomic E-state index is 12.2. The third-order valence-electron chi connectivity index (χ3n) is 4.77. The van der Waals surface area contributed by atoms with Crippen LogP contribution in [0.2, 0.25) is 0 Å². The van der Waals surface area contributed by atoms with Gasteiger partial charge in [-0.1, -0.05) is 19.3 Å². The van der Waals surface area contributed by atoms with Crippen molar-refractivity contribution in [3.05, 3.63) is 0 Å². The monoisotopic (exact) mass is 313 g/mol. The Balaban J connectivity index is 1.94. The minimum atomic E-state index is -0.666. The number of rotatable bonds is 2. The Kier molecular flexibility index (Phi) is 5.38. The van der Waals surface area contributed by atoms with Gasteiger partial charge in [0.1, 0.15) is 5.60 Å². The van der Waals surface area contributed by atoms with E-state index in [-0.39, 0.29) is 12.0 Å². The molecule has 2 rings (SSSR count). The second kappa shape index (κ2) is 6.75. The molecule has 22 heavy (non-hydrogen) atoms. The number of ether oxygens (including phenoxy) is 1. The Hall–Kier alpha value is -0.810. The maximum atomic E-state index is 12.2. The predicted molar refractivity (Wildman–Crippen MR) is 84.6 cm³/mol. The molecule has 0 radical (unpaired) electrons. The van der Waals surface area contributed by atoms with Gasteiger partial charge in [0, 0.05) is 19.0 Å². The van der Waals surface area contributed by atoms with Gasteiger partial charge in [0.15, 0.2) is 0 Å². The Morgan fingerprint density at radius 2 is 1.91 bits per heavy atom. The van der Waals surface area contributed by atoms with Gasteiger partial charge in [-0.15, -0.1) is 0 Å². The van der Waals surface area contributed by atoms with Crippen molar-refractivity contribution < 1.29 is 19.7 Å². The van der Waals surface area contributed by atoms with Crippen LogP contribution in [0.1, 0.15) is 65.7 Å². The summed E-state index contributed by atoms with van der Waals surface area (Å²) in [4.78, 5) is 13.9.